The zero-order valence-corrected chi connectivity index (χ0v) is 18.4. The Hall–Kier alpha value is -2.26. The Labute approximate surface area is 182 Å². The summed E-state index contributed by atoms with van der Waals surface area (Å²) in [5.74, 6) is -0.743. The molecule has 1 aliphatic carbocycles. The molecule has 1 saturated heterocycles. The maximum Gasteiger partial charge on any atom is 0.229 e. The third-order valence-corrected chi connectivity index (χ3v) is 6.84. The van der Waals surface area contributed by atoms with Crippen molar-refractivity contribution in [2.45, 2.75) is 51.5 Å². The third kappa shape index (κ3) is 7.43. The minimum Gasteiger partial charge on any atom is -0.490 e. The highest BCUT2D eigenvalue weighted by Gasteiger charge is 2.25. The van der Waals surface area contributed by atoms with Gasteiger partial charge in [0.15, 0.2) is 11.6 Å². The maximum absolute atomic E-state index is 13.9. The number of piperidine rings is 1. The minimum atomic E-state index is -3.59. The number of nitrogens with one attached hydrogen (secondary N) is 2. The number of ether oxygens (including phenoxy) is 1. The van der Waals surface area contributed by atoms with Crippen molar-refractivity contribution in [3.05, 3.63) is 41.7 Å². The van der Waals surface area contributed by atoms with E-state index in [9.17, 15) is 22.4 Å². The first-order chi connectivity index (χ1) is 14.7. The number of benzene rings is 1. The highest BCUT2D eigenvalue weighted by atomic mass is 32.2. The number of amides is 2. The van der Waals surface area contributed by atoms with Crippen LogP contribution in [0.1, 0.15) is 57.1 Å². The van der Waals surface area contributed by atoms with Gasteiger partial charge in [0.25, 0.3) is 0 Å². The van der Waals surface area contributed by atoms with Crippen molar-refractivity contribution >= 4 is 21.8 Å². The standard InChI is InChI=1S/C22H29FN2O5S/c1-15(18-8-10-19(23)20(13-18)30-14-16-6-7-16)25-31(28,29)12-4-2-3-5-17-9-11-21(26)24-22(17)27/h2,4,8,10,13,15-17,25H,3,5-7,9,11-12,14H2,1H3,(H,24,26,27)/t15-,17?/m1/s1. The summed E-state index contributed by atoms with van der Waals surface area (Å²) < 4.78 is 46.8. The monoisotopic (exact) mass is 452 g/mol. The molecule has 2 aliphatic rings. The number of sulfonamides is 1. The van der Waals surface area contributed by atoms with Gasteiger partial charge in [0.2, 0.25) is 21.8 Å². The predicted octanol–water partition coefficient (Wildman–Crippen LogP) is 2.98. The zero-order valence-electron chi connectivity index (χ0n) is 17.6. The summed E-state index contributed by atoms with van der Waals surface area (Å²) in [4.78, 5) is 22.9. The molecule has 7 nitrogen and oxygen atoms in total. The van der Waals surface area contributed by atoms with Crippen LogP contribution in [0.15, 0.2) is 30.4 Å². The van der Waals surface area contributed by atoms with Crippen molar-refractivity contribution in [3.8, 4) is 5.75 Å². The predicted molar refractivity (Wildman–Crippen MR) is 114 cm³/mol. The molecule has 0 spiro atoms. The summed E-state index contributed by atoms with van der Waals surface area (Å²) in [6.07, 6.45) is 7.46. The number of carbonyl (C=O) groups excluding carboxylic acids is 2. The molecule has 2 atom stereocenters. The first-order valence-corrected chi connectivity index (χ1v) is 12.3. The van der Waals surface area contributed by atoms with E-state index in [4.69, 9.17) is 4.74 Å². The molecule has 3 rings (SSSR count). The third-order valence-electron chi connectivity index (χ3n) is 5.50. The summed E-state index contributed by atoms with van der Waals surface area (Å²) in [5.41, 5.74) is 0.623. The molecule has 31 heavy (non-hydrogen) atoms. The molecule has 2 amide bonds. The van der Waals surface area contributed by atoms with E-state index in [2.05, 4.69) is 10.0 Å². The zero-order chi connectivity index (χ0) is 22.4. The molecule has 1 saturated carbocycles. The molecule has 170 valence electrons. The fourth-order valence-corrected chi connectivity index (χ4v) is 4.56. The van der Waals surface area contributed by atoms with E-state index >= 15 is 0 Å². The largest absolute Gasteiger partial charge is 0.490 e. The number of rotatable bonds is 11. The second-order valence-corrected chi connectivity index (χ2v) is 10.1. The van der Waals surface area contributed by atoms with E-state index < -0.39 is 21.9 Å². The molecule has 0 bridgehead atoms. The van der Waals surface area contributed by atoms with Crippen molar-refractivity contribution in [3.63, 3.8) is 0 Å². The van der Waals surface area contributed by atoms with E-state index in [1.165, 1.54) is 6.07 Å². The van der Waals surface area contributed by atoms with Crippen LogP contribution in [0.5, 0.6) is 5.75 Å². The van der Waals surface area contributed by atoms with Crippen LogP contribution >= 0.6 is 0 Å². The molecule has 1 aromatic carbocycles. The number of allylic oxidation sites excluding steroid dienone is 1. The second kappa shape index (κ2) is 10.4. The van der Waals surface area contributed by atoms with Gasteiger partial charge in [-0.05, 0) is 62.6 Å². The normalized spacial score (nSPS) is 20.6. The smallest absolute Gasteiger partial charge is 0.229 e. The minimum absolute atomic E-state index is 0.142. The molecular weight excluding hydrogens is 423 g/mol. The summed E-state index contributed by atoms with van der Waals surface area (Å²) >= 11 is 0. The number of halogens is 1. The average molecular weight is 453 g/mol. The van der Waals surface area contributed by atoms with Crippen LogP contribution in [-0.4, -0.2) is 32.6 Å². The summed E-state index contributed by atoms with van der Waals surface area (Å²) in [5, 5.41) is 2.32. The number of carbonyl (C=O) groups is 2. The Balaban J connectivity index is 1.46. The van der Waals surface area contributed by atoms with Crippen LogP contribution in [0.2, 0.25) is 0 Å². The molecule has 9 heteroatoms. The van der Waals surface area contributed by atoms with Gasteiger partial charge in [0.05, 0.1) is 12.4 Å². The van der Waals surface area contributed by atoms with Crippen LogP contribution in [0.3, 0.4) is 0 Å². The highest BCUT2D eigenvalue weighted by molar-refractivity contribution is 7.89. The van der Waals surface area contributed by atoms with Gasteiger partial charge in [0.1, 0.15) is 0 Å². The average Bonchev–Trinajstić information content (AvgIpc) is 3.52. The molecule has 2 fully saturated rings. The Morgan fingerprint density at radius 3 is 2.74 bits per heavy atom. The van der Waals surface area contributed by atoms with Crippen LogP contribution in [0, 0.1) is 17.7 Å². The molecule has 1 aromatic rings. The molecular formula is C22H29FN2O5S. The van der Waals surface area contributed by atoms with Gasteiger partial charge in [-0.15, -0.1) is 0 Å². The van der Waals surface area contributed by atoms with Gasteiger partial charge in [0, 0.05) is 18.4 Å². The van der Waals surface area contributed by atoms with Gasteiger partial charge in [-0.25, -0.2) is 17.5 Å². The quantitative estimate of drug-likeness (QED) is 0.397. The SMILES string of the molecule is C[C@@H](NS(=O)(=O)CC=CCCC1CCC(=O)NC1=O)c1ccc(F)c(OCC2CC2)c1. The lowest BCUT2D eigenvalue weighted by molar-refractivity contribution is -0.136. The van der Waals surface area contributed by atoms with Gasteiger partial charge < -0.3 is 4.74 Å². The van der Waals surface area contributed by atoms with E-state index in [0.717, 1.165) is 12.8 Å². The van der Waals surface area contributed by atoms with Gasteiger partial charge in [-0.3, -0.25) is 14.9 Å². The Morgan fingerprint density at radius 2 is 2.03 bits per heavy atom. The summed E-state index contributed by atoms with van der Waals surface area (Å²) in [7, 11) is -3.59. The van der Waals surface area contributed by atoms with Crippen molar-refractivity contribution in [1.82, 2.24) is 10.0 Å². The van der Waals surface area contributed by atoms with Gasteiger partial charge in [-0.2, -0.15) is 0 Å². The van der Waals surface area contributed by atoms with Gasteiger partial charge >= 0.3 is 0 Å². The number of hydrogen-bond acceptors (Lipinski definition) is 5. The molecule has 0 radical (unpaired) electrons. The van der Waals surface area contributed by atoms with Crippen LogP contribution < -0.4 is 14.8 Å². The lowest BCUT2D eigenvalue weighted by Gasteiger charge is -2.19. The van der Waals surface area contributed by atoms with E-state index in [-0.39, 0.29) is 29.2 Å². The molecule has 1 unspecified atom stereocenters. The van der Waals surface area contributed by atoms with Crippen molar-refractivity contribution in [1.29, 1.82) is 0 Å². The van der Waals surface area contributed by atoms with Crippen molar-refractivity contribution in [2.75, 3.05) is 12.4 Å². The first-order valence-electron chi connectivity index (χ1n) is 10.6. The molecule has 0 aromatic heterocycles. The van der Waals surface area contributed by atoms with Gasteiger partial charge in [-0.1, -0.05) is 18.2 Å². The first kappa shape index (κ1) is 23.4. The Bertz CT molecular complexity index is 943. The maximum atomic E-state index is 13.9. The summed E-state index contributed by atoms with van der Waals surface area (Å²) in [6, 6.07) is 3.84. The lowest BCUT2D eigenvalue weighted by Crippen LogP contribution is -2.40. The van der Waals surface area contributed by atoms with E-state index in [0.29, 0.717) is 43.8 Å². The highest BCUT2D eigenvalue weighted by Crippen LogP contribution is 2.31. The topological polar surface area (TPSA) is 102 Å². The van der Waals surface area contributed by atoms with Crippen LogP contribution in [0.4, 0.5) is 4.39 Å². The molecule has 2 N–H and O–H groups in total. The Morgan fingerprint density at radius 1 is 1.26 bits per heavy atom. The lowest BCUT2D eigenvalue weighted by atomic mass is 9.93. The van der Waals surface area contributed by atoms with Crippen LogP contribution in [-0.2, 0) is 19.6 Å². The second-order valence-electron chi connectivity index (χ2n) is 8.26. The Kier molecular flexibility index (Phi) is 7.83. The fourth-order valence-electron chi connectivity index (χ4n) is 3.40. The van der Waals surface area contributed by atoms with E-state index in [1.54, 1.807) is 31.2 Å². The van der Waals surface area contributed by atoms with E-state index in [1.807, 2.05) is 0 Å². The van der Waals surface area contributed by atoms with Crippen molar-refractivity contribution in [2.24, 2.45) is 11.8 Å². The fraction of sp³-hybridized carbons (Fsp3) is 0.545. The summed E-state index contributed by atoms with van der Waals surface area (Å²) in [6.45, 7) is 2.17. The molecule has 1 aliphatic heterocycles. The number of imide groups is 1. The van der Waals surface area contributed by atoms with Crippen LogP contribution in [0.25, 0.3) is 0 Å². The molecule has 1 heterocycles. The van der Waals surface area contributed by atoms with Crippen molar-refractivity contribution < 1.29 is 27.1 Å². The number of hydrogen-bond donors (Lipinski definition) is 2.